The molecule has 1 fully saturated rings. The predicted octanol–water partition coefficient (Wildman–Crippen LogP) is 3.24. The maximum atomic E-state index is 13.7. The minimum atomic E-state index is -0.199. The molecule has 122 valence electrons. The van der Waals surface area contributed by atoms with Crippen LogP contribution in [0.1, 0.15) is 12.8 Å². The van der Waals surface area contributed by atoms with Crippen LogP contribution >= 0.6 is 0 Å². The fourth-order valence-electron chi connectivity index (χ4n) is 3.07. The number of aromatic nitrogens is 3. The molecule has 0 bridgehead atoms. The van der Waals surface area contributed by atoms with Crippen LogP contribution in [-0.2, 0) is 0 Å². The van der Waals surface area contributed by atoms with Crippen molar-refractivity contribution in [3.05, 3.63) is 54.6 Å². The van der Waals surface area contributed by atoms with Crippen molar-refractivity contribution in [2.45, 2.75) is 18.9 Å². The summed E-state index contributed by atoms with van der Waals surface area (Å²) in [6.07, 6.45) is 5.20. The first-order chi connectivity index (χ1) is 11.8. The molecule has 5 nitrogen and oxygen atoms in total. The number of fused-ring (bicyclic) bond motifs is 1. The Balaban J connectivity index is 1.42. The molecule has 4 rings (SSSR count). The third-order valence-electron chi connectivity index (χ3n) is 4.37. The summed E-state index contributed by atoms with van der Waals surface area (Å²) >= 11 is 0. The van der Waals surface area contributed by atoms with Crippen molar-refractivity contribution >= 4 is 22.7 Å². The standard InChI is InChI=1S/C18H18FN5/c19-14-3-1-2-4-15(14)22-13-7-11-24(12-8-13)17-6-5-16-18(23-17)21-10-9-20-16/h1-6,9-10,13,22H,7-8,11-12H2. The summed E-state index contributed by atoms with van der Waals surface area (Å²) in [6, 6.07) is 11.0. The third kappa shape index (κ3) is 2.99. The van der Waals surface area contributed by atoms with Crippen molar-refractivity contribution in [1.82, 2.24) is 15.0 Å². The zero-order valence-electron chi connectivity index (χ0n) is 13.2. The molecule has 1 aliphatic heterocycles. The van der Waals surface area contributed by atoms with Crippen molar-refractivity contribution in [3.63, 3.8) is 0 Å². The van der Waals surface area contributed by atoms with Gasteiger partial charge in [0.2, 0.25) is 0 Å². The lowest BCUT2D eigenvalue weighted by molar-refractivity contribution is 0.520. The summed E-state index contributed by atoms with van der Waals surface area (Å²) in [5, 5.41) is 3.31. The van der Waals surface area contributed by atoms with Gasteiger partial charge < -0.3 is 10.2 Å². The van der Waals surface area contributed by atoms with E-state index in [0.717, 1.165) is 37.3 Å². The molecule has 24 heavy (non-hydrogen) atoms. The van der Waals surface area contributed by atoms with Gasteiger partial charge in [0.15, 0.2) is 5.65 Å². The fourth-order valence-corrected chi connectivity index (χ4v) is 3.07. The van der Waals surface area contributed by atoms with Crippen LogP contribution < -0.4 is 10.2 Å². The van der Waals surface area contributed by atoms with Crippen LogP contribution in [0.15, 0.2) is 48.8 Å². The van der Waals surface area contributed by atoms with E-state index in [9.17, 15) is 4.39 Å². The zero-order valence-corrected chi connectivity index (χ0v) is 13.2. The Bertz CT molecular complexity index is 845. The van der Waals surface area contributed by atoms with Gasteiger partial charge in [0.05, 0.1) is 5.69 Å². The molecule has 3 aromatic rings. The van der Waals surface area contributed by atoms with Crippen molar-refractivity contribution in [1.29, 1.82) is 0 Å². The normalized spacial score (nSPS) is 15.6. The Hall–Kier alpha value is -2.76. The highest BCUT2D eigenvalue weighted by Crippen LogP contribution is 2.23. The monoisotopic (exact) mass is 323 g/mol. The Morgan fingerprint density at radius 1 is 1.00 bits per heavy atom. The summed E-state index contributed by atoms with van der Waals surface area (Å²) in [4.78, 5) is 15.3. The van der Waals surface area contributed by atoms with E-state index in [0.29, 0.717) is 11.3 Å². The Morgan fingerprint density at radius 2 is 1.79 bits per heavy atom. The van der Waals surface area contributed by atoms with E-state index < -0.39 is 0 Å². The molecule has 0 spiro atoms. The van der Waals surface area contributed by atoms with E-state index in [1.165, 1.54) is 6.07 Å². The van der Waals surface area contributed by atoms with E-state index in [1.807, 2.05) is 18.2 Å². The number of pyridine rings is 1. The van der Waals surface area contributed by atoms with Crippen molar-refractivity contribution < 1.29 is 4.39 Å². The number of hydrogen-bond donors (Lipinski definition) is 1. The number of piperidine rings is 1. The van der Waals surface area contributed by atoms with E-state index in [2.05, 4.69) is 25.2 Å². The molecule has 6 heteroatoms. The molecule has 3 heterocycles. The Morgan fingerprint density at radius 3 is 2.62 bits per heavy atom. The van der Waals surface area contributed by atoms with Crippen LogP contribution in [0.4, 0.5) is 15.9 Å². The number of halogens is 1. The molecule has 0 amide bonds. The van der Waals surface area contributed by atoms with Gasteiger partial charge in [-0.05, 0) is 37.1 Å². The van der Waals surface area contributed by atoms with Crippen LogP contribution in [0, 0.1) is 5.82 Å². The molecular weight excluding hydrogens is 305 g/mol. The smallest absolute Gasteiger partial charge is 0.180 e. The Labute approximate surface area is 139 Å². The molecule has 2 aromatic heterocycles. The largest absolute Gasteiger partial charge is 0.380 e. The number of rotatable bonds is 3. The van der Waals surface area contributed by atoms with Crippen LogP contribution in [0.5, 0.6) is 0 Å². The molecule has 0 atom stereocenters. The molecule has 0 unspecified atom stereocenters. The number of nitrogens with zero attached hydrogens (tertiary/aromatic N) is 4. The minimum absolute atomic E-state index is 0.199. The van der Waals surface area contributed by atoms with Crippen molar-refractivity contribution in [2.24, 2.45) is 0 Å². The van der Waals surface area contributed by atoms with Gasteiger partial charge in [-0.1, -0.05) is 12.1 Å². The van der Waals surface area contributed by atoms with E-state index >= 15 is 0 Å². The van der Waals surface area contributed by atoms with Gasteiger partial charge in [-0.2, -0.15) is 0 Å². The summed E-state index contributed by atoms with van der Waals surface area (Å²) in [5.41, 5.74) is 2.05. The average molecular weight is 323 g/mol. The highest BCUT2D eigenvalue weighted by atomic mass is 19.1. The lowest BCUT2D eigenvalue weighted by Gasteiger charge is -2.33. The van der Waals surface area contributed by atoms with Crippen LogP contribution in [0.3, 0.4) is 0 Å². The second-order valence-corrected chi connectivity index (χ2v) is 5.95. The lowest BCUT2D eigenvalue weighted by atomic mass is 10.0. The maximum Gasteiger partial charge on any atom is 0.180 e. The van der Waals surface area contributed by atoms with Gasteiger partial charge in [-0.15, -0.1) is 0 Å². The molecule has 0 saturated carbocycles. The SMILES string of the molecule is Fc1ccccc1NC1CCN(c2ccc3nccnc3n2)CC1. The fraction of sp³-hybridized carbons (Fsp3) is 0.278. The van der Waals surface area contributed by atoms with Crippen molar-refractivity contribution in [3.8, 4) is 0 Å². The number of benzene rings is 1. The molecule has 1 saturated heterocycles. The summed E-state index contributed by atoms with van der Waals surface area (Å²) in [7, 11) is 0. The molecule has 0 aliphatic carbocycles. The highest BCUT2D eigenvalue weighted by molar-refractivity contribution is 5.71. The van der Waals surface area contributed by atoms with Gasteiger partial charge in [0.25, 0.3) is 0 Å². The molecular formula is C18H18FN5. The first kappa shape index (κ1) is 14.8. The highest BCUT2D eigenvalue weighted by Gasteiger charge is 2.21. The predicted molar refractivity (Wildman–Crippen MR) is 92.6 cm³/mol. The Kier molecular flexibility index (Phi) is 3.94. The van der Waals surface area contributed by atoms with Crippen molar-refractivity contribution in [2.75, 3.05) is 23.3 Å². The number of anilines is 2. The van der Waals surface area contributed by atoms with Crippen LogP contribution in [0.2, 0.25) is 0 Å². The third-order valence-corrected chi connectivity index (χ3v) is 4.37. The first-order valence-electron chi connectivity index (χ1n) is 8.13. The number of para-hydroxylation sites is 1. The summed E-state index contributed by atoms with van der Waals surface area (Å²) in [5.74, 6) is 0.724. The first-order valence-corrected chi connectivity index (χ1v) is 8.13. The molecule has 0 radical (unpaired) electrons. The van der Waals surface area contributed by atoms with Gasteiger partial charge in [0, 0.05) is 31.5 Å². The van der Waals surface area contributed by atoms with Gasteiger partial charge in [-0.25, -0.2) is 14.4 Å². The van der Waals surface area contributed by atoms with E-state index in [4.69, 9.17) is 0 Å². The van der Waals surface area contributed by atoms with Crippen LogP contribution in [-0.4, -0.2) is 34.1 Å². The second kappa shape index (κ2) is 6.39. The van der Waals surface area contributed by atoms with Crippen LogP contribution in [0.25, 0.3) is 11.2 Å². The summed E-state index contributed by atoms with van der Waals surface area (Å²) < 4.78 is 13.7. The van der Waals surface area contributed by atoms with E-state index in [-0.39, 0.29) is 11.9 Å². The molecule has 1 N–H and O–H groups in total. The maximum absolute atomic E-state index is 13.7. The minimum Gasteiger partial charge on any atom is -0.380 e. The quantitative estimate of drug-likeness (QED) is 0.802. The van der Waals surface area contributed by atoms with Gasteiger partial charge >= 0.3 is 0 Å². The summed E-state index contributed by atoms with van der Waals surface area (Å²) in [6.45, 7) is 1.76. The second-order valence-electron chi connectivity index (χ2n) is 5.95. The topological polar surface area (TPSA) is 53.9 Å². The number of nitrogens with one attached hydrogen (secondary N) is 1. The van der Waals surface area contributed by atoms with E-state index in [1.54, 1.807) is 24.5 Å². The van der Waals surface area contributed by atoms with Gasteiger partial charge in [0.1, 0.15) is 17.2 Å². The molecule has 1 aromatic carbocycles. The van der Waals surface area contributed by atoms with Gasteiger partial charge in [-0.3, -0.25) is 4.98 Å². The zero-order chi connectivity index (χ0) is 16.4. The number of hydrogen-bond acceptors (Lipinski definition) is 5. The molecule has 1 aliphatic rings. The lowest BCUT2D eigenvalue weighted by Crippen LogP contribution is -2.39. The average Bonchev–Trinajstić information content (AvgIpc) is 2.64.